The molecule has 1 aliphatic heterocycles. The summed E-state index contributed by atoms with van der Waals surface area (Å²) in [5.74, 6) is 1.91. The van der Waals surface area contributed by atoms with Gasteiger partial charge >= 0.3 is 0 Å². The first-order valence-corrected chi connectivity index (χ1v) is 5.70. The van der Waals surface area contributed by atoms with Gasteiger partial charge in [0.15, 0.2) is 0 Å². The average Bonchev–Trinajstić information content (AvgIpc) is 2.28. The molecule has 2 atom stereocenters. The van der Waals surface area contributed by atoms with Gasteiger partial charge in [0.1, 0.15) is 17.5 Å². The molecule has 17 heavy (non-hydrogen) atoms. The lowest BCUT2D eigenvalue weighted by Gasteiger charge is -2.38. The summed E-state index contributed by atoms with van der Waals surface area (Å²) < 4.78 is 5.49. The molecule has 1 saturated heterocycles. The monoisotopic (exact) mass is 238 g/mol. The van der Waals surface area contributed by atoms with Crippen molar-refractivity contribution in [2.24, 2.45) is 0 Å². The number of hydrogen-bond acceptors (Lipinski definition) is 6. The first-order valence-electron chi connectivity index (χ1n) is 5.70. The quantitative estimate of drug-likeness (QED) is 0.751. The van der Waals surface area contributed by atoms with Crippen molar-refractivity contribution in [2.45, 2.75) is 26.0 Å². The molecule has 6 heteroatoms. The van der Waals surface area contributed by atoms with Gasteiger partial charge < -0.3 is 20.5 Å². The Bertz CT molecular complexity index is 379. The molecule has 2 heterocycles. The molecular weight excluding hydrogens is 220 g/mol. The largest absolute Gasteiger partial charge is 0.394 e. The number of anilines is 2. The zero-order valence-electron chi connectivity index (χ0n) is 10.1. The Morgan fingerprint density at radius 2 is 2.35 bits per heavy atom. The first kappa shape index (κ1) is 12.1. The van der Waals surface area contributed by atoms with Crippen LogP contribution in [0.4, 0.5) is 11.6 Å². The van der Waals surface area contributed by atoms with Gasteiger partial charge in [-0.3, -0.25) is 0 Å². The fraction of sp³-hybridized carbons (Fsp3) is 0.636. The Labute approximate surface area is 100 Å². The smallest absolute Gasteiger partial charge is 0.134 e. The van der Waals surface area contributed by atoms with Gasteiger partial charge in [-0.25, -0.2) is 9.97 Å². The highest BCUT2D eigenvalue weighted by Crippen LogP contribution is 2.21. The van der Waals surface area contributed by atoms with E-state index in [0.29, 0.717) is 24.8 Å². The second-order valence-corrected chi connectivity index (χ2v) is 4.34. The van der Waals surface area contributed by atoms with Gasteiger partial charge in [0.05, 0.1) is 25.4 Å². The third-order valence-electron chi connectivity index (χ3n) is 2.85. The maximum atomic E-state index is 9.14. The van der Waals surface area contributed by atoms with Crippen molar-refractivity contribution in [3.8, 4) is 0 Å². The van der Waals surface area contributed by atoms with Crippen molar-refractivity contribution in [1.29, 1.82) is 0 Å². The second kappa shape index (κ2) is 4.85. The number of rotatable bonds is 2. The maximum Gasteiger partial charge on any atom is 0.134 e. The van der Waals surface area contributed by atoms with Crippen molar-refractivity contribution in [2.75, 3.05) is 30.4 Å². The van der Waals surface area contributed by atoms with Gasteiger partial charge in [-0.2, -0.15) is 0 Å². The normalized spacial score (nSPS) is 25.0. The van der Waals surface area contributed by atoms with E-state index in [4.69, 9.17) is 15.6 Å². The summed E-state index contributed by atoms with van der Waals surface area (Å²) in [7, 11) is 0. The molecule has 94 valence electrons. The van der Waals surface area contributed by atoms with Gasteiger partial charge in [0, 0.05) is 12.6 Å². The van der Waals surface area contributed by atoms with Crippen LogP contribution in [0, 0.1) is 6.92 Å². The molecule has 0 spiro atoms. The molecular formula is C11H18N4O2. The Hall–Kier alpha value is -1.40. The fourth-order valence-corrected chi connectivity index (χ4v) is 1.97. The van der Waals surface area contributed by atoms with Gasteiger partial charge in [-0.05, 0) is 13.8 Å². The minimum Gasteiger partial charge on any atom is -0.394 e. The molecule has 6 nitrogen and oxygen atoms in total. The molecule has 0 saturated carbocycles. The highest BCUT2D eigenvalue weighted by atomic mass is 16.5. The van der Waals surface area contributed by atoms with Crippen molar-refractivity contribution in [3.05, 3.63) is 11.9 Å². The first-order chi connectivity index (χ1) is 8.10. The minimum absolute atomic E-state index is 0.0166. The molecule has 3 N–H and O–H groups in total. The minimum atomic E-state index is -0.164. The van der Waals surface area contributed by atoms with Crippen molar-refractivity contribution >= 4 is 11.6 Å². The molecule has 0 radical (unpaired) electrons. The highest BCUT2D eigenvalue weighted by Gasteiger charge is 2.26. The van der Waals surface area contributed by atoms with Crippen LogP contribution in [0.15, 0.2) is 6.07 Å². The number of aryl methyl sites for hydroxylation is 1. The zero-order chi connectivity index (χ0) is 12.4. The second-order valence-electron chi connectivity index (χ2n) is 4.34. The summed E-state index contributed by atoms with van der Waals surface area (Å²) in [6, 6.07) is 1.97. The Morgan fingerprint density at radius 1 is 1.59 bits per heavy atom. The van der Waals surface area contributed by atoms with Gasteiger partial charge in [-0.1, -0.05) is 0 Å². The summed E-state index contributed by atoms with van der Waals surface area (Å²) in [6.45, 7) is 5.08. The number of aromatic nitrogens is 2. The van der Waals surface area contributed by atoms with Crippen LogP contribution in [0.3, 0.4) is 0 Å². The van der Waals surface area contributed by atoms with Crippen LogP contribution < -0.4 is 10.6 Å². The van der Waals surface area contributed by atoms with Crippen LogP contribution in [0.25, 0.3) is 0 Å². The highest BCUT2D eigenvalue weighted by molar-refractivity contribution is 5.48. The third kappa shape index (κ3) is 2.65. The van der Waals surface area contributed by atoms with Gasteiger partial charge in [0.2, 0.25) is 0 Å². The number of nitrogens with two attached hydrogens (primary N) is 1. The van der Waals surface area contributed by atoms with Gasteiger partial charge in [-0.15, -0.1) is 0 Å². The lowest BCUT2D eigenvalue weighted by molar-refractivity contribution is -0.0105. The van der Waals surface area contributed by atoms with E-state index in [0.717, 1.165) is 5.82 Å². The SMILES string of the molecule is Cc1nc(N)cc(N2CC(CO)OCC2C)n1. The Kier molecular flexibility index (Phi) is 3.44. The zero-order valence-corrected chi connectivity index (χ0v) is 10.1. The summed E-state index contributed by atoms with van der Waals surface area (Å²) in [5, 5.41) is 9.14. The van der Waals surface area contributed by atoms with E-state index >= 15 is 0 Å². The average molecular weight is 238 g/mol. The van der Waals surface area contributed by atoms with Crippen molar-refractivity contribution in [3.63, 3.8) is 0 Å². The summed E-state index contributed by atoms with van der Waals surface area (Å²) in [5.41, 5.74) is 5.72. The molecule has 0 aliphatic carbocycles. The van der Waals surface area contributed by atoms with Crippen LogP contribution in [0.2, 0.25) is 0 Å². The van der Waals surface area contributed by atoms with E-state index in [2.05, 4.69) is 21.8 Å². The molecule has 1 aromatic rings. The van der Waals surface area contributed by atoms with E-state index in [9.17, 15) is 0 Å². The van der Waals surface area contributed by atoms with E-state index in [1.54, 1.807) is 6.07 Å². The Morgan fingerprint density at radius 3 is 3.00 bits per heavy atom. The lowest BCUT2D eigenvalue weighted by Crippen LogP contribution is -2.50. The molecule has 1 aliphatic rings. The van der Waals surface area contributed by atoms with Crippen LogP contribution in [-0.4, -0.2) is 47.0 Å². The molecule has 0 amide bonds. The van der Waals surface area contributed by atoms with Crippen LogP contribution in [0.5, 0.6) is 0 Å². The van der Waals surface area contributed by atoms with E-state index in [1.807, 2.05) is 6.92 Å². The molecule has 0 bridgehead atoms. The summed E-state index contributed by atoms with van der Waals surface area (Å²) in [4.78, 5) is 10.5. The number of aliphatic hydroxyl groups excluding tert-OH is 1. The van der Waals surface area contributed by atoms with Gasteiger partial charge in [0.25, 0.3) is 0 Å². The third-order valence-corrected chi connectivity index (χ3v) is 2.85. The van der Waals surface area contributed by atoms with Crippen LogP contribution >= 0.6 is 0 Å². The number of morpholine rings is 1. The number of nitrogen functional groups attached to an aromatic ring is 1. The van der Waals surface area contributed by atoms with Crippen LogP contribution in [0.1, 0.15) is 12.7 Å². The molecule has 2 rings (SSSR count). The fourth-order valence-electron chi connectivity index (χ4n) is 1.97. The van der Waals surface area contributed by atoms with E-state index in [1.165, 1.54) is 0 Å². The molecule has 1 fully saturated rings. The lowest BCUT2D eigenvalue weighted by atomic mass is 10.2. The standard InChI is InChI=1S/C11H18N4O2/c1-7-6-17-9(5-16)4-15(7)11-3-10(12)13-8(2)14-11/h3,7,9,16H,4-6H2,1-2H3,(H2,12,13,14). The molecule has 0 aromatic carbocycles. The maximum absolute atomic E-state index is 9.14. The van der Waals surface area contributed by atoms with Crippen molar-refractivity contribution in [1.82, 2.24) is 9.97 Å². The van der Waals surface area contributed by atoms with Crippen LogP contribution in [-0.2, 0) is 4.74 Å². The summed E-state index contributed by atoms with van der Waals surface area (Å²) in [6.07, 6.45) is -0.164. The Balaban J connectivity index is 2.24. The predicted octanol–water partition coefficient (Wildman–Crippen LogP) is -0.0468. The number of aliphatic hydroxyl groups is 1. The predicted molar refractivity (Wildman–Crippen MR) is 64.8 cm³/mol. The number of nitrogens with zero attached hydrogens (tertiary/aromatic N) is 3. The summed E-state index contributed by atoms with van der Waals surface area (Å²) >= 11 is 0. The number of hydrogen-bond donors (Lipinski definition) is 2. The van der Waals surface area contributed by atoms with Crippen molar-refractivity contribution < 1.29 is 9.84 Å². The van der Waals surface area contributed by atoms with E-state index in [-0.39, 0.29) is 18.8 Å². The number of ether oxygens (including phenoxy) is 1. The topological polar surface area (TPSA) is 84.5 Å². The van der Waals surface area contributed by atoms with E-state index < -0.39 is 0 Å². The molecule has 1 aromatic heterocycles. The molecule has 2 unspecified atom stereocenters.